The van der Waals surface area contributed by atoms with Gasteiger partial charge in [0, 0.05) is 17.7 Å². The molecular weight excluding hydrogens is 438 g/mol. The minimum Gasteiger partial charge on any atom is -0.495 e. The summed E-state index contributed by atoms with van der Waals surface area (Å²) in [6.45, 7) is 1.92. The average molecular weight is 462 g/mol. The van der Waals surface area contributed by atoms with Crippen LogP contribution in [-0.4, -0.2) is 31.3 Å². The lowest BCUT2D eigenvalue weighted by molar-refractivity contribution is 0.0988. The number of hydrogen-bond donors (Lipinski definition) is 2. The van der Waals surface area contributed by atoms with Crippen LogP contribution in [0.1, 0.15) is 21.6 Å². The molecule has 0 spiro atoms. The number of ketones is 1. The van der Waals surface area contributed by atoms with Crippen LogP contribution >= 0.6 is 0 Å². The number of hydrogen-bond acceptors (Lipinski definition) is 5. The van der Waals surface area contributed by atoms with Crippen LogP contribution in [-0.2, 0) is 16.4 Å². The second-order valence-electron chi connectivity index (χ2n) is 7.57. The fourth-order valence-corrected chi connectivity index (χ4v) is 4.64. The smallest absolute Gasteiger partial charge is 0.265 e. The van der Waals surface area contributed by atoms with Crippen LogP contribution in [0, 0.1) is 6.92 Å². The van der Waals surface area contributed by atoms with Crippen molar-refractivity contribution in [3.8, 4) is 17.1 Å². The molecule has 4 aromatic rings. The van der Waals surface area contributed by atoms with E-state index in [2.05, 4.69) is 14.7 Å². The Morgan fingerprint density at radius 2 is 1.76 bits per heavy atom. The summed E-state index contributed by atoms with van der Waals surface area (Å²) in [5.41, 5.74) is 3.23. The number of carbonyl (C=O) groups is 1. The number of anilines is 1. The third-order valence-corrected chi connectivity index (χ3v) is 6.51. The van der Waals surface area contributed by atoms with Gasteiger partial charge in [-0.15, -0.1) is 0 Å². The van der Waals surface area contributed by atoms with E-state index < -0.39 is 10.0 Å². The van der Waals surface area contributed by atoms with Crippen molar-refractivity contribution >= 4 is 21.5 Å². The Morgan fingerprint density at radius 3 is 2.45 bits per heavy atom. The van der Waals surface area contributed by atoms with Crippen molar-refractivity contribution in [2.75, 3.05) is 11.8 Å². The number of H-pyrrole nitrogens is 1. The molecule has 0 atom stereocenters. The Labute approximate surface area is 192 Å². The van der Waals surface area contributed by atoms with Gasteiger partial charge in [-0.2, -0.15) is 0 Å². The molecule has 168 valence electrons. The predicted molar refractivity (Wildman–Crippen MR) is 127 cm³/mol. The van der Waals surface area contributed by atoms with Gasteiger partial charge in [0.25, 0.3) is 10.0 Å². The number of ether oxygens (including phenoxy) is 1. The van der Waals surface area contributed by atoms with Gasteiger partial charge in [0.2, 0.25) is 0 Å². The highest BCUT2D eigenvalue weighted by atomic mass is 32.2. The second kappa shape index (κ2) is 9.30. The van der Waals surface area contributed by atoms with Gasteiger partial charge in [-0.05, 0) is 36.8 Å². The molecule has 0 unspecified atom stereocenters. The summed E-state index contributed by atoms with van der Waals surface area (Å²) in [6.07, 6.45) is 1.50. The van der Waals surface area contributed by atoms with E-state index in [0.717, 1.165) is 11.1 Å². The summed E-state index contributed by atoms with van der Waals surface area (Å²) in [5, 5.41) is 0. The van der Waals surface area contributed by atoms with Crippen LogP contribution in [0.3, 0.4) is 0 Å². The van der Waals surface area contributed by atoms with Gasteiger partial charge in [-0.25, -0.2) is 13.4 Å². The van der Waals surface area contributed by atoms with Gasteiger partial charge < -0.3 is 9.72 Å². The third-order valence-electron chi connectivity index (χ3n) is 5.11. The molecule has 3 aromatic carbocycles. The first kappa shape index (κ1) is 22.3. The normalized spacial score (nSPS) is 11.2. The Bertz CT molecular complexity index is 1380. The van der Waals surface area contributed by atoms with Gasteiger partial charge in [-0.1, -0.05) is 54.1 Å². The van der Waals surface area contributed by atoms with Crippen molar-refractivity contribution in [1.29, 1.82) is 0 Å². The van der Waals surface area contributed by atoms with E-state index in [9.17, 15) is 13.2 Å². The molecule has 4 rings (SSSR count). The molecule has 0 bridgehead atoms. The lowest BCUT2D eigenvalue weighted by Gasteiger charge is -2.13. The van der Waals surface area contributed by atoms with Crippen LogP contribution in [0.5, 0.6) is 5.75 Å². The number of methoxy groups -OCH3 is 1. The minimum absolute atomic E-state index is 0.00741. The molecule has 1 heterocycles. The average Bonchev–Trinajstić information content (AvgIpc) is 3.32. The fourth-order valence-electron chi connectivity index (χ4n) is 3.36. The summed E-state index contributed by atoms with van der Waals surface area (Å²) in [4.78, 5) is 20.1. The quantitative estimate of drug-likeness (QED) is 0.373. The molecule has 0 radical (unpaired) electrons. The van der Waals surface area contributed by atoms with Gasteiger partial charge in [-0.3, -0.25) is 9.52 Å². The Kier molecular flexibility index (Phi) is 6.28. The van der Waals surface area contributed by atoms with E-state index in [1.165, 1.54) is 19.4 Å². The number of benzene rings is 3. The van der Waals surface area contributed by atoms with E-state index >= 15 is 0 Å². The fraction of sp³-hybridized carbons (Fsp3) is 0.120. The molecule has 0 aliphatic heterocycles. The lowest BCUT2D eigenvalue weighted by atomic mass is 10.1. The number of carbonyl (C=O) groups excluding carboxylic acids is 1. The highest BCUT2D eigenvalue weighted by Crippen LogP contribution is 2.28. The van der Waals surface area contributed by atoms with Crippen LogP contribution < -0.4 is 9.46 Å². The Balaban J connectivity index is 1.57. The third kappa shape index (κ3) is 5.12. The molecule has 0 aliphatic carbocycles. The zero-order valence-corrected chi connectivity index (χ0v) is 19.0. The molecule has 1 aromatic heterocycles. The standard InChI is InChI=1S/C25H23N3O4S/c1-17-8-11-20(12-9-17)28-33(30,31)24-15-18(10-13-23(24)32-2)14-22(29)21-16-26-25(27-21)19-6-4-3-5-7-19/h3-13,15-16,28H,14H2,1-2H3,(H,26,27). The summed E-state index contributed by atoms with van der Waals surface area (Å²) in [6, 6.07) is 21.2. The topological polar surface area (TPSA) is 101 Å². The van der Waals surface area contributed by atoms with Gasteiger partial charge in [0.1, 0.15) is 22.2 Å². The van der Waals surface area contributed by atoms with E-state index in [4.69, 9.17) is 4.74 Å². The molecule has 0 saturated heterocycles. The number of aromatic nitrogens is 2. The van der Waals surface area contributed by atoms with Crippen molar-refractivity contribution < 1.29 is 17.9 Å². The SMILES string of the molecule is COc1ccc(CC(=O)c2cnc(-c3ccccc3)[nH]2)cc1S(=O)(=O)Nc1ccc(C)cc1. The van der Waals surface area contributed by atoms with Crippen LogP contribution in [0.25, 0.3) is 11.4 Å². The van der Waals surface area contributed by atoms with Gasteiger partial charge in [0.15, 0.2) is 5.78 Å². The number of imidazole rings is 1. The Morgan fingerprint density at radius 1 is 1.03 bits per heavy atom. The minimum atomic E-state index is -3.93. The van der Waals surface area contributed by atoms with Crippen molar-refractivity contribution in [3.63, 3.8) is 0 Å². The second-order valence-corrected chi connectivity index (χ2v) is 9.22. The summed E-state index contributed by atoms with van der Waals surface area (Å²) >= 11 is 0. The molecule has 0 saturated carbocycles. The summed E-state index contributed by atoms with van der Waals surface area (Å²) < 4.78 is 33.9. The molecule has 2 N–H and O–H groups in total. The van der Waals surface area contributed by atoms with Crippen LogP contribution in [0.2, 0.25) is 0 Å². The molecule has 0 aliphatic rings. The number of aromatic amines is 1. The van der Waals surface area contributed by atoms with Crippen molar-refractivity contribution in [3.05, 3.63) is 95.8 Å². The first-order chi connectivity index (χ1) is 15.9. The van der Waals surface area contributed by atoms with Crippen molar-refractivity contribution in [1.82, 2.24) is 9.97 Å². The monoisotopic (exact) mass is 461 g/mol. The zero-order chi connectivity index (χ0) is 23.4. The number of Topliss-reactive ketones (excluding diaryl/α,β-unsaturated/α-hetero) is 1. The molecule has 0 amide bonds. The maximum Gasteiger partial charge on any atom is 0.265 e. The van der Waals surface area contributed by atoms with E-state index in [1.807, 2.05) is 49.4 Å². The lowest BCUT2D eigenvalue weighted by Crippen LogP contribution is -2.15. The van der Waals surface area contributed by atoms with Crippen molar-refractivity contribution in [2.45, 2.75) is 18.2 Å². The first-order valence-corrected chi connectivity index (χ1v) is 11.7. The molecule has 8 heteroatoms. The van der Waals surface area contributed by atoms with Crippen LogP contribution in [0.4, 0.5) is 5.69 Å². The summed E-state index contributed by atoms with van der Waals surface area (Å²) in [5.74, 6) is 0.586. The number of nitrogens with one attached hydrogen (secondary N) is 2. The van der Waals surface area contributed by atoms with Gasteiger partial charge in [0.05, 0.1) is 13.3 Å². The first-order valence-electron chi connectivity index (χ1n) is 10.3. The summed E-state index contributed by atoms with van der Waals surface area (Å²) in [7, 11) is -2.53. The molecule has 33 heavy (non-hydrogen) atoms. The van der Waals surface area contributed by atoms with Crippen molar-refractivity contribution in [2.24, 2.45) is 0 Å². The molecule has 7 nitrogen and oxygen atoms in total. The van der Waals surface area contributed by atoms with Gasteiger partial charge >= 0.3 is 0 Å². The highest BCUT2D eigenvalue weighted by Gasteiger charge is 2.21. The number of aryl methyl sites for hydroxylation is 1. The molecular formula is C25H23N3O4S. The highest BCUT2D eigenvalue weighted by molar-refractivity contribution is 7.92. The zero-order valence-electron chi connectivity index (χ0n) is 18.2. The molecule has 0 fully saturated rings. The predicted octanol–water partition coefficient (Wildman–Crippen LogP) is 4.62. The van der Waals surface area contributed by atoms with E-state index in [0.29, 0.717) is 22.8 Å². The number of sulfonamides is 1. The number of rotatable bonds is 8. The van der Waals surface area contributed by atoms with Crippen LogP contribution in [0.15, 0.2) is 83.9 Å². The maximum atomic E-state index is 13.0. The number of nitrogens with zero attached hydrogens (tertiary/aromatic N) is 1. The Hall–Kier alpha value is -3.91. The van der Waals surface area contributed by atoms with E-state index in [1.54, 1.807) is 24.3 Å². The largest absolute Gasteiger partial charge is 0.495 e. The maximum absolute atomic E-state index is 13.0. The van der Waals surface area contributed by atoms with E-state index in [-0.39, 0.29) is 22.8 Å².